The number of anilines is 1. The van der Waals surface area contributed by atoms with Crippen molar-refractivity contribution in [1.82, 2.24) is 14.8 Å². The SMILES string of the molecule is COC(=O)C1=C(C)Nc2nc(SCc3ccccc3F)nn2C1c1ccc(Cl)cc1. The minimum Gasteiger partial charge on any atom is -0.466 e. The van der Waals surface area contributed by atoms with Crippen LogP contribution in [0.25, 0.3) is 0 Å². The molecule has 1 aromatic heterocycles. The molecule has 3 aromatic rings. The molecule has 0 fully saturated rings. The smallest absolute Gasteiger partial charge is 0.338 e. The van der Waals surface area contributed by atoms with Crippen LogP contribution in [-0.4, -0.2) is 27.8 Å². The molecule has 9 heteroatoms. The Hall–Kier alpha value is -2.84. The Balaban J connectivity index is 1.70. The van der Waals surface area contributed by atoms with Gasteiger partial charge in [-0.25, -0.2) is 13.9 Å². The number of nitrogens with one attached hydrogen (secondary N) is 1. The number of carbonyl (C=O) groups is 1. The zero-order chi connectivity index (χ0) is 21.3. The Morgan fingerprint density at radius 3 is 2.70 bits per heavy atom. The monoisotopic (exact) mass is 444 g/mol. The molecule has 4 rings (SSSR count). The van der Waals surface area contributed by atoms with Gasteiger partial charge in [-0.2, -0.15) is 4.98 Å². The van der Waals surface area contributed by atoms with Crippen LogP contribution in [0.4, 0.5) is 10.3 Å². The largest absolute Gasteiger partial charge is 0.466 e. The highest BCUT2D eigenvalue weighted by molar-refractivity contribution is 7.98. The molecule has 1 atom stereocenters. The molecule has 2 aromatic carbocycles. The number of benzene rings is 2. The molecule has 30 heavy (non-hydrogen) atoms. The van der Waals surface area contributed by atoms with Gasteiger partial charge in [0.05, 0.1) is 12.7 Å². The number of fused-ring (bicyclic) bond motifs is 1. The molecule has 0 spiro atoms. The second-order valence-corrected chi connectivity index (χ2v) is 8.03. The average Bonchev–Trinajstić information content (AvgIpc) is 3.14. The Bertz CT molecular complexity index is 1130. The van der Waals surface area contributed by atoms with E-state index in [1.54, 1.807) is 41.9 Å². The first-order valence-electron chi connectivity index (χ1n) is 9.12. The normalized spacial score (nSPS) is 15.5. The van der Waals surface area contributed by atoms with Crippen LogP contribution in [0.2, 0.25) is 5.02 Å². The van der Waals surface area contributed by atoms with Gasteiger partial charge in [0.25, 0.3) is 0 Å². The lowest BCUT2D eigenvalue weighted by molar-refractivity contribution is -0.136. The average molecular weight is 445 g/mol. The van der Waals surface area contributed by atoms with Crippen molar-refractivity contribution >= 4 is 35.3 Å². The van der Waals surface area contributed by atoms with E-state index in [1.165, 1.54) is 24.9 Å². The summed E-state index contributed by atoms with van der Waals surface area (Å²) >= 11 is 7.36. The minimum absolute atomic E-state index is 0.267. The predicted molar refractivity (Wildman–Crippen MR) is 114 cm³/mol. The molecule has 6 nitrogen and oxygen atoms in total. The molecule has 2 heterocycles. The first kappa shape index (κ1) is 20.4. The second-order valence-electron chi connectivity index (χ2n) is 6.65. The van der Waals surface area contributed by atoms with Crippen LogP contribution in [0.15, 0.2) is 65.0 Å². The summed E-state index contributed by atoms with van der Waals surface area (Å²) in [5.41, 5.74) is 2.45. The molecule has 0 saturated carbocycles. The van der Waals surface area contributed by atoms with Gasteiger partial charge in [0.2, 0.25) is 11.1 Å². The number of methoxy groups -OCH3 is 1. The number of rotatable bonds is 5. The first-order chi connectivity index (χ1) is 14.5. The summed E-state index contributed by atoms with van der Waals surface area (Å²) < 4.78 is 20.6. The molecule has 1 N–H and O–H groups in total. The van der Waals surface area contributed by atoms with Gasteiger partial charge in [-0.05, 0) is 36.2 Å². The molecule has 154 valence electrons. The van der Waals surface area contributed by atoms with E-state index in [0.29, 0.717) is 38.7 Å². The summed E-state index contributed by atoms with van der Waals surface area (Å²) in [7, 11) is 1.34. The number of carbonyl (C=O) groups excluding carboxylic acids is 1. The molecule has 0 bridgehead atoms. The summed E-state index contributed by atoms with van der Waals surface area (Å²) in [6.07, 6.45) is 0. The fraction of sp³-hybridized carbons (Fsp3) is 0.190. The van der Waals surface area contributed by atoms with Crippen LogP contribution in [0.1, 0.15) is 24.1 Å². The van der Waals surface area contributed by atoms with Crippen molar-refractivity contribution in [3.8, 4) is 0 Å². The standard InChI is InChI=1S/C21H18ClFN4O2S/c1-12-17(19(28)29-2)18(13-7-9-15(22)10-8-13)27-20(24-12)25-21(26-27)30-11-14-5-3-4-6-16(14)23/h3-10,18H,11H2,1-2H3,(H,24,25,26). The topological polar surface area (TPSA) is 69.0 Å². The van der Waals surface area contributed by atoms with Crippen molar-refractivity contribution in [2.45, 2.75) is 23.9 Å². The van der Waals surface area contributed by atoms with E-state index in [4.69, 9.17) is 16.3 Å². The number of nitrogens with zero attached hydrogens (tertiary/aromatic N) is 3. The van der Waals surface area contributed by atoms with Gasteiger partial charge in [0, 0.05) is 16.5 Å². The maximum absolute atomic E-state index is 13.9. The molecule has 0 saturated heterocycles. The van der Waals surface area contributed by atoms with E-state index in [9.17, 15) is 9.18 Å². The molecular weight excluding hydrogens is 427 g/mol. The zero-order valence-corrected chi connectivity index (χ0v) is 17.8. The van der Waals surface area contributed by atoms with Crippen molar-refractivity contribution in [2.75, 3.05) is 12.4 Å². The fourth-order valence-corrected chi connectivity index (χ4v) is 4.22. The van der Waals surface area contributed by atoms with Crippen molar-refractivity contribution in [1.29, 1.82) is 0 Å². The lowest BCUT2D eigenvalue weighted by Gasteiger charge is -2.27. The summed E-state index contributed by atoms with van der Waals surface area (Å²) in [6.45, 7) is 1.79. The van der Waals surface area contributed by atoms with Crippen LogP contribution < -0.4 is 5.32 Å². The van der Waals surface area contributed by atoms with Gasteiger partial charge >= 0.3 is 5.97 Å². The third kappa shape index (κ3) is 3.93. The quantitative estimate of drug-likeness (QED) is 0.449. The second kappa shape index (κ2) is 8.49. The van der Waals surface area contributed by atoms with Crippen molar-refractivity contribution in [3.05, 3.63) is 81.8 Å². The van der Waals surface area contributed by atoms with E-state index >= 15 is 0 Å². The zero-order valence-electron chi connectivity index (χ0n) is 16.2. The molecule has 0 aliphatic carbocycles. The van der Waals surface area contributed by atoms with Gasteiger partial charge in [0.15, 0.2) is 0 Å². The Kier molecular flexibility index (Phi) is 5.78. The Labute approximate surface area is 182 Å². The molecular formula is C21H18ClFN4O2S. The van der Waals surface area contributed by atoms with Gasteiger partial charge in [-0.15, -0.1) is 5.10 Å². The van der Waals surface area contributed by atoms with E-state index < -0.39 is 12.0 Å². The number of hydrogen-bond donors (Lipinski definition) is 1. The van der Waals surface area contributed by atoms with Crippen LogP contribution in [0.5, 0.6) is 0 Å². The number of esters is 1. The van der Waals surface area contributed by atoms with Crippen molar-refractivity contribution < 1.29 is 13.9 Å². The Morgan fingerprint density at radius 1 is 1.27 bits per heavy atom. The maximum atomic E-state index is 13.9. The number of allylic oxidation sites excluding steroid dienone is 1. The van der Waals surface area contributed by atoms with Gasteiger partial charge in [-0.3, -0.25) is 0 Å². The van der Waals surface area contributed by atoms with Gasteiger partial charge in [-0.1, -0.05) is 53.7 Å². The molecule has 0 radical (unpaired) electrons. The molecule has 1 unspecified atom stereocenters. The minimum atomic E-state index is -0.527. The van der Waals surface area contributed by atoms with E-state index in [2.05, 4.69) is 15.4 Å². The molecule has 1 aliphatic rings. The predicted octanol–water partition coefficient (Wildman–Crippen LogP) is 4.82. The lowest BCUT2D eigenvalue weighted by Crippen LogP contribution is -2.29. The Morgan fingerprint density at radius 2 is 2.00 bits per heavy atom. The number of thioether (sulfide) groups is 1. The van der Waals surface area contributed by atoms with Crippen LogP contribution in [0, 0.1) is 5.82 Å². The van der Waals surface area contributed by atoms with E-state index in [1.807, 2.05) is 12.1 Å². The molecule has 1 aliphatic heterocycles. The van der Waals surface area contributed by atoms with Crippen molar-refractivity contribution in [3.63, 3.8) is 0 Å². The summed E-state index contributed by atoms with van der Waals surface area (Å²) in [5, 5.41) is 8.77. The summed E-state index contributed by atoms with van der Waals surface area (Å²) in [5.74, 6) is 0.160. The van der Waals surface area contributed by atoms with Crippen LogP contribution in [0.3, 0.4) is 0 Å². The van der Waals surface area contributed by atoms with Gasteiger partial charge in [0.1, 0.15) is 11.9 Å². The number of aromatic nitrogens is 3. The van der Waals surface area contributed by atoms with Crippen molar-refractivity contribution in [2.24, 2.45) is 0 Å². The van der Waals surface area contributed by atoms with E-state index in [0.717, 1.165) is 5.56 Å². The van der Waals surface area contributed by atoms with Gasteiger partial charge < -0.3 is 10.1 Å². The number of halogens is 2. The lowest BCUT2D eigenvalue weighted by atomic mass is 9.96. The highest BCUT2D eigenvalue weighted by atomic mass is 35.5. The number of ether oxygens (including phenoxy) is 1. The summed E-state index contributed by atoms with van der Waals surface area (Å²) in [4.78, 5) is 17.1. The third-order valence-electron chi connectivity index (χ3n) is 4.74. The number of hydrogen-bond acceptors (Lipinski definition) is 6. The first-order valence-corrected chi connectivity index (χ1v) is 10.5. The van der Waals surface area contributed by atoms with E-state index in [-0.39, 0.29) is 5.82 Å². The third-order valence-corrected chi connectivity index (χ3v) is 5.88. The highest BCUT2D eigenvalue weighted by Gasteiger charge is 2.34. The van der Waals surface area contributed by atoms with Crippen LogP contribution in [-0.2, 0) is 15.3 Å². The molecule has 0 amide bonds. The maximum Gasteiger partial charge on any atom is 0.338 e. The fourth-order valence-electron chi connectivity index (χ4n) is 3.28. The summed E-state index contributed by atoms with van der Waals surface area (Å²) in [6, 6.07) is 13.3. The highest BCUT2D eigenvalue weighted by Crippen LogP contribution is 2.37. The van der Waals surface area contributed by atoms with Crippen LogP contribution >= 0.6 is 23.4 Å².